The highest BCUT2D eigenvalue weighted by Gasteiger charge is 2.44. The lowest BCUT2D eigenvalue weighted by Gasteiger charge is -2.29. The van der Waals surface area contributed by atoms with Gasteiger partial charge in [0.2, 0.25) is 5.82 Å². The Morgan fingerprint density at radius 1 is 1.30 bits per heavy atom. The maximum atomic E-state index is 10.6. The summed E-state index contributed by atoms with van der Waals surface area (Å²) in [5.74, 6) is 0.927. The van der Waals surface area contributed by atoms with Crippen molar-refractivity contribution in [2.45, 2.75) is 56.7 Å². The van der Waals surface area contributed by atoms with Gasteiger partial charge in [0.1, 0.15) is 5.60 Å². The monoisotopic (exact) mass is 281 g/mol. The third-order valence-electron chi connectivity index (χ3n) is 4.42. The first kappa shape index (κ1) is 14.0. The molecule has 3 rings (SSSR count). The van der Waals surface area contributed by atoms with Gasteiger partial charge in [0, 0.05) is 13.2 Å². The van der Waals surface area contributed by atoms with Crippen molar-refractivity contribution in [3.8, 4) is 0 Å². The molecule has 2 N–H and O–H groups in total. The minimum atomic E-state index is -1.03. The fraction of sp³-hybridized carbons (Fsp3) is 0.857. The zero-order valence-corrected chi connectivity index (χ0v) is 12.0. The molecule has 6 heteroatoms. The maximum Gasteiger partial charge on any atom is 0.260 e. The Kier molecular flexibility index (Phi) is 3.79. The van der Waals surface area contributed by atoms with Crippen molar-refractivity contribution in [3.63, 3.8) is 0 Å². The first-order valence-corrected chi connectivity index (χ1v) is 7.60. The lowest BCUT2D eigenvalue weighted by Crippen LogP contribution is -2.43. The minimum absolute atomic E-state index is 0.325. The van der Waals surface area contributed by atoms with E-state index in [4.69, 9.17) is 9.26 Å². The van der Waals surface area contributed by atoms with Gasteiger partial charge in [0.15, 0.2) is 5.60 Å². The molecule has 1 aromatic rings. The number of β-amino-alcohol motifs (C(OH)–C–C–N with tert-alkyl or cyclic N) is 1. The Hall–Kier alpha value is -0.980. The van der Waals surface area contributed by atoms with Gasteiger partial charge < -0.3 is 19.7 Å². The second-order valence-electron chi connectivity index (χ2n) is 5.87. The van der Waals surface area contributed by atoms with Crippen molar-refractivity contribution in [2.24, 2.45) is 0 Å². The number of rotatable bonds is 4. The minimum Gasteiger partial charge on any atom is -0.379 e. The first-order valence-electron chi connectivity index (χ1n) is 7.60. The molecule has 0 bridgehead atoms. The van der Waals surface area contributed by atoms with Crippen molar-refractivity contribution in [1.29, 1.82) is 0 Å². The van der Waals surface area contributed by atoms with Gasteiger partial charge in [0.05, 0.1) is 0 Å². The maximum absolute atomic E-state index is 10.6. The van der Waals surface area contributed by atoms with Crippen LogP contribution in [0.3, 0.4) is 0 Å². The van der Waals surface area contributed by atoms with E-state index in [2.05, 4.69) is 15.5 Å². The van der Waals surface area contributed by atoms with Crippen LogP contribution in [0.25, 0.3) is 0 Å². The summed E-state index contributed by atoms with van der Waals surface area (Å²) in [6.45, 7) is 4.01. The Labute approximate surface area is 118 Å². The number of ether oxygens (including phenoxy) is 1. The molecular weight excluding hydrogens is 258 g/mol. The van der Waals surface area contributed by atoms with Crippen molar-refractivity contribution in [3.05, 3.63) is 11.7 Å². The van der Waals surface area contributed by atoms with Crippen molar-refractivity contribution < 1.29 is 14.4 Å². The summed E-state index contributed by atoms with van der Waals surface area (Å²) in [6.07, 6.45) is 5.66. The molecule has 1 atom stereocenters. The Bertz CT molecular complexity index is 448. The number of hydrogen-bond donors (Lipinski definition) is 2. The molecule has 2 fully saturated rings. The molecule has 20 heavy (non-hydrogen) atoms. The third kappa shape index (κ3) is 2.36. The number of aromatic nitrogens is 2. The van der Waals surface area contributed by atoms with Gasteiger partial charge in [-0.3, -0.25) is 0 Å². The van der Waals surface area contributed by atoms with E-state index in [-0.39, 0.29) is 0 Å². The number of nitrogens with zero attached hydrogens (tertiary/aromatic N) is 2. The Balaban J connectivity index is 1.85. The fourth-order valence-electron chi connectivity index (χ4n) is 3.32. The molecule has 1 aliphatic heterocycles. The number of hydrogen-bond acceptors (Lipinski definition) is 6. The summed E-state index contributed by atoms with van der Waals surface area (Å²) in [4.78, 5) is 4.49. The smallest absolute Gasteiger partial charge is 0.260 e. The number of nitrogens with one attached hydrogen (secondary N) is 1. The van der Waals surface area contributed by atoms with E-state index in [1.54, 1.807) is 0 Å². The van der Waals surface area contributed by atoms with E-state index in [1.807, 2.05) is 6.92 Å². The molecule has 2 heterocycles. The normalized spacial score (nSPS) is 29.7. The zero-order valence-electron chi connectivity index (χ0n) is 12.0. The topological polar surface area (TPSA) is 80.4 Å². The van der Waals surface area contributed by atoms with Gasteiger partial charge in [-0.15, -0.1) is 0 Å². The summed E-state index contributed by atoms with van der Waals surface area (Å²) in [5, 5.41) is 17.9. The molecule has 1 unspecified atom stereocenters. The van der Waals surface area contributed by atoms with Crippen molar-refractivity contribution in [2.75, 3.05) is 19.7 Å². The quantitative estimate of drug-likeness (QED) is 0.869. The zero-order chi connectivity index (χ0) is 14.1. The average Bonchev–Trinajstić information content (AvgIpc) is 3.09. The molecule has 1 saturated heterocycles. The van der Waals surface area contributed by atoms with E-state index >= 15 is 0 Å². The Morgan fingerprint density at radius 2 is 2.10 bits per heavy atom. The SMILES string of the molecule is CCOC1(c2noc(C3(O)CCCNC3)n2)CCCC1. The lowest BCUT2D eigenvalue weighted by molar-refractivity contribution is -0.0469. The summed E-state index contributed by atoms with van der Waals surface area (Å²) in [7, 11) is 0. The van der Waals surface area contributed by atoms with Crippen LogP contribution in [0.15, 0.2) is 4.52 Å². The van der Waals surface area contributed by atoms with Crippen LogP contribution in [0.4, 0.5) is 0 Å². The van der Waals surface area contributed by atoms with Crippen LogP contribution >= 0.6 is 0 Å². The highest BCUT2D eigenvalue weighted by molar-refractivity contribution is 5.09. The van der Waals surface area contributed by atoms with E-state index in [0.717, 1.165) is 38.6 Å². The number of aliphatic hydroxyl groups is 1. The fourth-order valence-corrected chi connectivity index (χ4v) is 3.32. The number of piperidine rings is 1. The highest BCUT2D eigenvalue weighted by Crippen LogP contribution is 2.41. The molecule has 6 nitrogen and oxygen atoms in total. The van der Waals surface area contributed by atoms with Crippen LogP contribution in [0, 0.1) is 0 Å². The van der Waals surface area contributed by atoms with E-state index in [0.29, 0.717) is 31.3 Å². The third-order valence-corrected chi connectivity index (χ3v) is 4.42. The second-order valence-corrected chi connectivity index (χ2v) is 5.87. The van der Waals surface area contributed by atoms with Gasteiger partial charge in [-0.25, -0.2) is 0 Å². The van der Waals surface area contributed by atoms with E-state index in [1.165, 1.54) is 0 Å². The summed E-state index contributed by atoms with van der Waals surface area (Å²) >= 11 is 0. The Morgan fingerprint density at radius 3 is 2.75 bits per heavy atom. The van der Waals surface area contributed by atoms with Crippen LogP contribution in [0.1, 0.15) is 57.2 Å². The molecule has 0 radical (unpaired) electrons. The molecule has 112 valence electrons. The lowest BCUT2D eigenvalue weighted by atomic mass is 9.94. The van der Waals surface area contributed by atoms with Crippen LogP contribution in [0.2, 0.25) is 0 Å². The van der Waals surface area contributed by atoms with Gasteiger partial charge in [-0.1, -0.05) is 5.16 Å². The van der Waals surface area contributed by atoms with Crippen LogP contribution in [-0.4, -0.2) is 34.9 Å². The summed E-state index contributed by atoms with van der Waals surface area (Å²) < 4.78 is 11.3. The highest BCUT2D eigenvalue weighted by atomic mass is 16.5. The largest absolute Gasteiger partial charge is 0.379 e. The standard InChI is InChI=1S/C14H23N3O3/c1-2-19-14(7-3-4-8-14)11-16-12(20-17-11)13(18)6-5-9-15-10-13/h15,18H,2-10H2,1H3. The van der Waals surface area contributed by atoms with Crippen LogP contribution in [0.5, 0.6) is 0 Å². The van der Waals surface area contributed by atoms with Crippen LogP contribution in [-0.2, 0) is 15.9 Å². The summed E-state index contributed by atoms with van der Waals surface area (Å²) in [6, 6.07) is 0. The molecule has 2 aliphatic rings. The van der Waals surface area contributed by atoms with E-state index in [9.17, 15) is 5.11 Å². The van der Waals surface area contributed by atoms with Gasteiger partial charge in [0.25, 0.3) is 5.89 Å². The van der Waals surface area contributed by atoms with Crippen molar-refractivity contribution >= 4 is 0 Å². The molecule has 1 aromatic heterocycles. The molecule has 0 aromatic carbocycles. The molecule has 0 spiro atoms. The van der Waals surface area contributed by atoms with Gasteiger partial charge in [-0.2, -0.15) is 4.98 Å². The predicted molar refractivity (Wildman–Crippen MR) is 72.1 cm³/mol. The second kappa shape index (κ2) is 5.42. The van der Waals surface area contributed by atoms with Gasteiger partial charge in [-0.05, 0) is 52.0 Å². The van der Waals surface area contributed by atoms with Crippen molar-refractivity contribution in [1.82, 2.24) is 15.5 Å². The molecule has 0 amide bonds. The molecule has 1 saturated carbocycles. The molecule has 1 aliphatic carbocycles. The predicted octanol–water partition coefficient (Wildman–Crippen LogP) is 1.45. The summed E-state index contributed by atoms with van der Waals surface area (Å²) in [5.41, 5.74) is -1.44. The molecular formula is C14H23N3O3. The van der Waals surface area contributed by atoms with Crippen LogP contribution < -0.4 is 5.32 Å². The van der Waals surface area contributed by atoms with E-state index < -0.39 is 11.2 Å². The average molecular weight is 281 g/mol. The van der Waals surface area contributed by atoms with Gasteiger partial charge >= 0.3 is 0 Å². The first-order chi connectivity index (χ1) is 9.69.